The molecule has 0 aromatic heterocycles. The highest BCUT2D eigenvalue weighted by Crippen LogP contribution is 2.35. The van der Waals surface area contributed by atoms with Gasteiger partial charge in [0.25, 0.3) is 0 Å². The topological polar surface area (TPSA) is 35.5 Å². The van der Waals surface area contributed by atoms with E-state index >= 15 is 0 Å². The predicted octanol–water partition coefficient (Wildman–Crippen LogP) is 3.28. The van der Waals surface area contributed by atoms with E-state index in [-0.39, 0.29) is 0 Å². The van der Waals surface area contributed by atoms with E-state index in [2.05, 4.69) is 31.0 Å². The monoisotopic (exact) mass is 298 g/mol. The van der Waals surface area contributed by atoms with E-state index in [0.29, 0.717) is 12.0 Å². The fraction of sp³-hybridized carbons (Fsp3) is 1.00. The predicted molar refractivity (Wildman–Crippen MR) is 91.7 cm³/mol. The molecule has 0 spiro atoms. The Bertz CT molecular complexity index is 248. The number of rotatable bonds is 10. The molecule has 3 nitrogen and oxygen atoms in total. The van der Waals surface area contributed by atoms with E-state index in [1.807, 2.05) is 0 Å². The summed E-state index contributed by atoms with van der Waals surface area (Å²) >= 11 is 0. The molecule has 126 valence electrons. The average molecular weight is 299 g/mol. The summed E-state index contributed by atoms with van der Waals surface area (Å²) in [5, 5.41) is 12.8. The van der Waals surface area contributed by atoms with E-state index in [1.54, 1.807) is 0 Å². The standard InChI is InChI=1S/C18H38N2O/c1-4-20(12-9-13-21)16-18(15-19-14-17(2)3)10-7-5-6-8-11-18/h17,19,21H,4-16H2,1-3H3. The highest BCUT2D eigenvalue weighted by atomic mass is 16.3. The van der Waals surface area contributed by atoms with Gasteiger partial charge in [-0.3, -0.25) is 0 Å². The zero-order chi connectivity index (χ0) is 15.6. The molecule has 0 bridgehead atoms. The number of aliphatic hydroxyl groups excluding tert-OH is 1. The third kappa shape index (κ3) is 7.62. The Labute approximate surface area is 132 Å². The first-order valence-electron chi connectivity index (χ1n) is 9.16. The first-order valence-corrected chi connectivity index (χ1v) is 9.16. The SMILES string of the molecule is CCN(CCCO)CC1(CNCC(C)C)CCCCCC1. The summed E-state index contributed by atoms with van der Waals surface area (Å²) in [5.41, 5.74) is 0.455. The fourth-order valence-electron chi connectivity index (χ4n) is 3.61. The minimum atomic E-state index is 0.315. The quantitative estimate of drug-likeness (QED) is 0.608. The van der Waals surface area contributed by atoms with Gasteiger partial charge in [0.15, 0.2) is 0 Å². The van der Waals surface area contributed by atoms with Crippen LogP contribution < -0.4 is 5.32 Å². The van der Waals surface area contributed by atoms with Crippen LogP contribution in [0.2, 0.25) is 0 Å². The van der Waals surface area contributed by atoms with Crippen LogP contribution in [-0.4, -0.2) is 49.3 Å². The fourth-order valence-corrected chi connectivity index (χ4v) is 3.61. The maximum Gasteiger partial charge on any atom is 0.0443 e. The van der Waals surface area contributed by atoms with Crippen LogP contribution in [0.5, 0.6) is 0 Å². The van der Waals surface area contributed by atoms with Crippen LogP contribution >= 0.6 is 0 Å². The zero-order valence-corrected chi connectivity index (χ0v) is 14.7. The first-order chi connectivity index (χ1) is 10.1. The molecule has 1 rings (SSSR count). The van der Waals surface area contributed by atoms with Crippen molar-refractivity contribution in [1.82, 2.24) is 10.2 Å². The number of nitrogens with zero attached hydrogens (tertiary/aromatic N) is 1. The summed E-state index contributed by atoms with van der Waals surface area (Å²) in [6.07, 6.45) is 9.25. The highest BCUT2D eigenvalue weighted by molar-refractivity contribution is 4.87. The van der Waals surface area contributed by atoms with Crippen molar-refractivity contribution in [2.75, 3.05) is 39.3 Å². The van der Waals surface area contributed by atoms with Crippen molar-refractivity contribution in [3.8, 4) is 0 Å². The van der Waals surface area contributed by atoms with Crippen LogP contribution in [0.1, 0.15) is 65.7 Å². The molecule has 0 heterocycles. The van der Waals surface area contributed by atoms with E-state index in [4.69, 9.17) is 5.11 Å². The zero-order valence-electron chi connectivity index (χ0n) is 14.7. The van der Waals surface area contributed by atoms with Crippen molar-refractivity contribution in [2.24, 2.45) is 11.3 Å². The number of hydrogen-bond donors (Lipinski definition) is 2. The molecule has 0 saturated heterocycles. The van der Waals surface area contributed by atoms with Gasteiger partial charge in [-0.15, -0.1) is 0 Å². The Morgan fingerprint density at radius 2 is 1.81 bits per heavy atom. The molecule has 1 saturated carbocycles. The maximum absolute atomic E-state index is 9.09. The Balaban J connectivity index is 2.60. The lowest BCUT2D eigenvalue weighted by molar-refractivity contribution is 0.122. The number of nitrogens with one attached hydrogen (secondary N) is 1. The lowest BCUT2D eigenvalue weighted by Crippen LogP contribution is -2.45. The van der Waals surface area contributed by atoms with Gasteiger partial charge in [0.2, 0.25) is 0 Å². The summed E-state index contributed by atoms with van der Waals surface area (Å²) in [5.74, 6) is 0.726. The molecule has 3 heteroatoms. The van der Waals surface area contributed by atoms with Crippen LogP contribution in [-0.2, 0) is 0 Å². The van der Waals surface area contributed by atoms with E-state index in [0.717, 1.165) is 32.0 Å². The van der Waals surface area contributed by atoms with E-state index in [9.17, 15) is 0 Å². The number of hydrogen-bond acceptors (Lipinski definition) is 3. The molecule has 0 amide bonds. The summed E-state index contributed by atoms with van der Waals surface area (Å²) in [6, 6.07) is 0. The molecule has 0 aromatic rings. The van der Waals surface area contributed by atoms with Gasteiger partial charge < -0.3 is 15.3 Å². The van der Waals surface area contributed by atoms with Gasteiger partial charge in [-0.2, -0.15) is 0 Å². The summed E-state index contributed by atoms with van der Waals surface area (Å²) in [6.45, 7) is 12.8. The molecule has 0 aromatic carbocycles. The molecule has 0 unspecified atom stereocenters. The van der Waals surface area contributed by atoms with Crippen LogP contribution in [0.4, 0.5) is 0 Å². The molecule has 2 N–H and O–H groups in total. The second kappa shape index (κ2) is 10.6. The second-order valence-electron chi connectivity index (χ2n) is 7.38. The normalized spacial score (nSPS) is 19.1. The first kappa shape index (κ1) is 18.9. The van der Waals surface area contributed by atoms with Crippen LogP contribution in [0.25, 0.3) is 0 Å². The third-order valence-corrected chi connectivity index (χ3v) is 4.86. The minimum Gasteiger partial charge on any atom is -0.396 e. The largest absolute Gasteiger partial charge is 0.396 e. The van der Waals surface area contributed by atoms with Crippen molar-refractivity contribution >= 4 is 0 Å². The van der Waals surface area contributed by atoms with E-state index in [1.165, 1.54) is 51.6 Å². The Kier molecular flexibility index (Phi) is 9.54. The summed E-state index contributed by atoms with van der Waals surface area (Å²) in [4.78, 5) is 2.55. The smallest absolute Gasteiger partial charge is 0.0443 e. The lowest BCUT2D eigenvalue weighted by atomic mass is 9.79. The minimum absolute atomic E-state index is 0.315. The molecule has 1 aliphatic rings. The molecule has 0 radical (unpaired) electrons. The Morgan fingerprint density at radius 1 is 1.14 bits per heavy atom. The van der Waals surface area contributed by atoms with Gasteiger partial charge >= 0.3 is 0 Å². The molecule has 1 aliphatic carbocycles. The molecular weight excluding hydrogens is 260 g/mol. The third-order valence-electron chi connectivity index (χ3n) is 4.86. The summed E-state index contributed by atoms with van der Waals surface area (Å²) < 4.78 is 0. The second-order valence-corrected chi connectivity index (χ2v) is 7.38. The Morgan fingerprint density at radius 3 is 2.33 bits per heavy atom. The maximum atomic E-state index is 9.09. The molecule has 21 heavy (non-hydrogen) atoms. The highest BCUT2D eigenvalue weighted by Gasteiger charge is 2.32. The van der Waals surface area contributed by atoms with Crippen LogP contribution in [0.3, 0.4) is 0 Å². The molecule has 0 aliphatic heterocycles. The van der Waals surface area contributed by atoms with E-state index < -0.39 is 0 Å². The number of aliphatic hydroxyl groups is 1. The van der Waals surface area contributed by atoms with Gasteiger partial charge in [-0.25, -0.2) is 0 Å². The lowest BCUT2D eigenvalue weighted by Gasteiger charge is -2.38. The van der Waals surface area contributed by atoms with Gasteiger partial charge in [0, 0.05) is 26.2 Å². The van der Waals surface area contributed by atoms with Crippen molar-refractivity contribution in [3.05, 3.63) is 0 Å². The molecule has 0 atom stereocenters. The van der Waals surface area contributed by atoms with Crippen molar-refractivity contribution < 1.29 is 5.11 Å². The van der Waals surface area contributed by atoms with Crippen molar-refractivity contribution in [2.45, 2.75) is 65.7 Å². The average Bonchev–Trinajstić information content (AvgIpc) is 2.69. The summed E-state index contributed by atoms with van der Waals surface area (Å²) in [7, 11) is 0. The van der Waals surface area contributed by atoms with Gasteiger partial charge in [-0.05, 0) is 43.7 Å². The van der Waals surface area contributed by atoms with Gasteiger partial charge in [-0.1, -0.05) is 46.5 Å². The van der Waals surface area contributed by atoms with Crippen molar-refractivity contribution in [1.29, 1.82) is 0 Å². The molecular formula is C18H38N2O. The molecule has 1 fully saturated rings. The Hall–Kier alpha value is -0.120. The van der Waals surface area contributed by atoms with Gasteiger partial charge in [0.05, 0.1) is 0 Å². The van der Waals surface area contributed by atoms with Crippen LogP contribution in [0, 0.1) is 11.3 Å². The van der Waals surface area contributed by atoms with Crippen LogP contribution in [0.15, 0.2) is 0 Å². The van der Waals surface area contributed by atoms with Gasteiger partial charge in [0.1, 0.15) is 0 Å². The van der Waals surface area contributed by atoms with Crippen molar-refractivity contribution in [3.63, 3.8) is 0 Å².